The minimum atomic E-state index is -0.765. The molecule has 27 nitrogen and oxygen atoms in total. The highest BCUT2D eigenvalue weighted by molar-refractivity contribution is 7.81. The third-order valence-corrected chi connectivity index (χ3v) is 32.4. The SMILES string of the molecule is C.C.CC1(C)C[C@H]2OC(CO)[C@@H]3OC(C)(C)O[C@@H]3C2O1.CC1(C)O[C@H]2O[C@H]([C@H]3COC(C)(C)O3)[C@H](O)[C@H]2O1.CC1[C@@H](C)[C@H](C)C(CO)O[C@@H]1C.CC1[C@@H](C)[C@H](C)C(CS)O[C@@H]1C.CC1[C@@H](C)[C@H](O)C(COCc2ccccc2)O[C@@H]1C.CC1[C@@H](C)[C@H](S)C(COCc2ccccc2)O[C@@H]1C.CC1[C@@H](O)[C@@H]2OC(c3ccccc3)OCC2O[C@@H]1C.C[C@@H]1C(O)[C@@H](C)OC2COC(c3ccccc3)O[C@H]21. The van der Waals surface area contributed by atoms with Crippen LogP contribution >= 0.6 is 25.3 Å². The van der Waals surface area contributed by atoms with Gasteiger partial charge in [-0.15, -0.1) is 0 Å². The number of fused-ring (bicyclic) bond motifs is 6. The van der Waals surface area contributed by atoms with Crippen molar-refractivity contribution in [2.45, 2.75) is 420 Å². The second-order valence-corrected chi connectivity index (χ2v) is 43.7. The summed E-state index contributed by atoms with van der Waals surface area (Å²) in [5.74, 6) is 4.49. The quantitative estimate of drug-likeness (QED) is 0.0544. The van der Waals surface area contributed by atoms with Crippen LogP contribution in [0.1, 0.15) is 236 Å². The number of benzene rings is 4. The fourth-order valence-electron chi connectivity index (χ4n) is 20.7. The van der Waals surface area contributed by atoms with E-state index in [0.29, 0.717) is 106 Å². The number of ether oxygens (including phenoxy) is 21. The topological polar surface area (TPSA) is 315 Å². The van der Waals surface area contributed by atoms with Crippen molar-refractivity contribution in [3.8, 4) is 0 Å². The molecule has 138 heavy (non-hydrogen) atoms. The van der Waals surface area contributed by atoms with Crippen molar-refractivity contribution in [1.82, 2.24) is 0 Å². The van der Waals surface area contributed by atoms with Crippen LogP contribution in [-0.4, -0.2) is 276 Å². The first kappa shape index (κ1) is 118. The lowest BCUT2D eigenvalue weighted by Crippen LogP contribution is -2.57. The van der Waals surface area contributed by atoms with E-state index in [2.05, 4.69) is 136 Å². The van der Waals surface area contributed by atoms with Crippen molar-refractivity contribution in [3.63, 3.8) is 0 Å². The molecule has 0 bridgehead atoms. The molecule has 0 amide bonds. The van der Waals surface area contributed by atoms with E-state index in [4.69, 9.17) is 117 Å². The first-order valence-corrected chi connectivity index (χ1v) is 51.5. The lowest BCUT2D eigenvalue weighted by Gasteiger charge is -2.46. The van der Waals surface area contributed by atoms with Crippen molar-refractivity contribution in [2.24, 2.45) is 71.0 Å². The number of hydrogen-bond donors (Lipinski definition) is 8. The molecule has 14 saturated heterocycles. The Balaban J connectivity index is 0.000000177. The van der Waals surface area contributed by atoms with E-state index in [-0.39, 0.29) is 173 Å². The molecule has 18 rings (SSSR count). The maximum Gasteiger partial charge on any atom is 0.190 e. The Morgan fingerprint density at radius 1 is 0.319 bits per heavy atom. The zero-order valence-electron chi connectivity index (χ0n) is 85.7. The summed E-state index contributed by atoms with van der Waals surface area (Å²) < 4.78 is 122. The van der Waals surface area contributed by atoms with Crippen LogP contribution in [0.2, 0.25) is 0 Å². The van der Waals surface area contributed by atoms with Gasteiger partial charge < -0.3 is 130 Å². The molecular formula is C109H178O27S2. The third-order valence-electron chi connectivity index (χ3n) is 31.2. The van der Waals surface area contributed by atoms with Gasteiger partial charge >= 0.3 is 0 Å². The van der Waals surface area contributed by atoms with E-state index in [9.17, 15) is 25.5 Å². The monoisotopic (exact) mass is 1980 g/mol. The fourth-order valence-corrected chi connectivity index (χ4v) is 21.5. The molecule has 0 spiro atoms. The van der Waals surface area contributed by atoms with E-state index in [1.165, 1.54) is 5.56 Å². The van der Waals surface area contributed by atoms with Crippen molar-refractivity contribution in [2.75, 3.05) is 52.0 Å². The van der Waals surface area contributed by atoms with Crippen LogP contribution in [-0.2, 0) is 113 Å². The van der Waals surface area contributed by atoms with Gasteiger partial charge in [-0.25, -0.2) is 0 Å². The van der Waals surface area contributed by atoms with Crippen LogP contribution in [0.25, 0.3) is 0 Å². The van der Waals surface area contributed by atoms with Crippen LogP contribution in [0.4, 0.5) is 0 Å². The number of rotatable bonds is 14. The van der Waals surface area contributed by atoms with Gasteiger partial charge in [0.1, 0.15) is 73.2 Å². The van der Waals surface area contributed by atoms with E-state index in [0.717, 1.165) is 34.8 Å². The van der Waals surface area contributed by atoms with E-state index in [1.807, 2.05) is 165 Å². The summed E-state index contributed by atoms with van der Waals surface area (Å²) in [5.41, 5.74) is 4.10. The summed E-state index contributed by atoms with van der Waals surface area (Å²) in [5, 5.41) is 59.7. The predicted molar refractivity (Wildman–Crippen MR) is 536 cm³/mol. The van der Waals surface area contributed by atoms with Gasteiger partial charge in [0.25, 0.3) is 0 Å². The normalized spacial score (nSPS) is 42.9. The lowest BCUT2D eigenvalue weighted by atomic mass is 9.77. The Labute approximate surface area is 837 Å². The average molecular weight is 1980 g/mol. The van der Waals surface area contributed by atoms with Gasteiger partial charge in [-0.3, -0.25) is 0 Å². The second kappa shape index (κ2) is 52.9. The fraction of sp³-hybridized carbons (Fsp3) is 0.780. The van der Waals surface area contributed by atoms with Crippen molar-refractivity contribution >= 4 is 25.3 Å². The molecule has 14 heterocycles. The third kappa shape index (κ3) is 30.6. The van der Waals surface area contributed by atoms with Crippen LogP contribution in [0.5, 0.6) is 0 Å². The van der Waals surface area contributed by atoms with E-state index >= 15 is 0 Å². The molecule has 16 unspecified atom stereocenters. The summed E-state index contributed by atoms with van der Waals surface area (Å²) >= 11 is 9.02. The van der Waals surface area contributed by atoms with Crippen molar-refractivity contribution < 1.29 is 130 Å². The molecule has 0 saturated carbocycles. The molecule has 0 aromatic heterocycles. The standard InChI is InChI=1S/C16H24O3.C16H24O2S.2C15H20O4.C13H22O5.C12H20O6.C10H20O2.C10H20OS.2CH4/c1-11-12(2)16(17)15(19-13(11)3)10-18-9-14-7-5-4-6-8-14;1-11-12(2)16(19)15(18-13(11)3)10-17-9-14-7-5-4-6-8-14;1-9-13(16)10(2)18-12-8-17-15(19-14(9)12)11-6-4-3-5-7-11;1-9-10(2)18-12-8-17-15(19-14(12)13(9)16)11-6-4-3-5-7-11;1-12(2)5-7-9(16-12)11-10(8(6-14)15-7)17-13(3,4)18-11;1-11(2)14-5-6(16-11)8-7(13)9-10(15-8)18-12(3,4)17-9;1-6-7(2)9(4)12-10(5-11)8(6)3;1-6-7(2)9(4)11-10(5-12)8(6)3;;/h4-8,11-13,15-17H,9-10H2,1-3H3;4-8,11-13,15-16,19H,9-10H2,1-3H3;2*3-7,9-10,12-16H,8H2,1-2H3;7-11,14H,5-6H2,1-4H3;6-10,13H,5H2,1-4H3;6-11H,5H2,1-4H3;6-10,12H,5H2,1-4H3;2*1H4/t2*11?,12-,13-,15?,16+;9-,10-,12?,13?,14+,15?;9?,10-,12?,13-,14-,15?;7-,8?,9?,10+,11-;6-,7+,8-,9-,10-;2*6-,7?,8+,9-,10?;;/m11111111../s1. The first-order valence-electron chi connectivity index (χ1n) is 50.3. The van der Waals surface area contributed by atoms with Crippen LogP contribution in [0.3, 0.4) is 0 Å². The molecule has 6 N–H and O–H groups in total. The summed E-state index contributed by atoms with van der Waals surface area (Å²) in [6, 6.07) is 39.9. The van der Waals surface area contributed by atoms with Gasteiger partial charge in [-0.2, -0.15) is 25.3 Å². The minimum Gasteiger partial charge on any atom is -0.394 e. The zero-order chi connectivity index (χ0) is 99.3. The Bertz CT molecular complexity index is 3880. The zero-order valence-corrected chi connectivity index (χ0v) is 87.5. The summed E-state index contributed by atoms with van der Waals surface area (Å²) in [6.07, 6.45) is -4.22. The summed E-state index contributed by atoms with van der Waals surface area (Å²) in [6.45, 7) is 57.4. The predicted octanol–water partition coefficient (Wildman–Crippen LogP) is 16.7. The van der Waals surface area contributed by atoms with Gasteiger partial charge in [0.15, 0.2) is 36.2 Å². The minimum absolute atomic E-state index is 0. The molecule has 29 heteroatoms. The lowest BCUT2D eigenvalue weighted by molar-refractivity contribution is -0.318. The van der Waals surface area contributed by atoms with Gasteiger partial charge in [0, 0.05) is 40.4 Å². The highest BCUT2D eigenvalue weighted by atomic mass is 32.1. The van der Waals surface area contributed by atoms with Crippen LogP contribution in [0, 0.1) is 71.0 Å². The Morgan fingerprint density at radius 3 is 1.24 bits per heavy atom. The molecule has 4 aromatic carbocycles. The Kier molecular flexibility index (Phi) is 45.2. The van der Waals surface area contributed by atoms with Gasteiger partial charge in [-0.05, 0) is 167 Å². The molecule has 4 aromatic rings. The number of aliphatic hydroxyl groups excluding tert-OH is 6. The van der Waals surface area contributed by atoms with Crippen LogP contribution < -0.4 is 0 Å². The number of aliphatic hydroxyl groups is 6. The number of hydrogen-bond acceptors (Lipinski definition) is 29. The van der Waals surface area contributed by atoms with Gasteiger partial charge in [-0.1, -0.05) is 219 Å². The summed E-state index contributed by atoms with van der Waals surface area (Å²) in [4.78, 5) is 0. The molecule has 14 aliphatic heterocycles. The highest BCUT2D eigenvalue weighted by Gasteiger charge is 2.61. The molecule has 0 aliphatic carbocycles. The molecule has 14 aliphatic rings. The van der Waals surface area contributed by atoms with Gasteiger partial charge in [0.05, 0.1) is 151 Å². The molecule has 42 atom stereocenters. The smallest absolute Gasteiger partial charge is 0.190 e. The second-order valence-electron chi connectivity index (χ2n) is 42.7. The van der Waals surface area contributed by atoms with Crippen molar-refractivity contribution in [1.29, 1.82) is 0 Å². The first-order chi connectivity index (χ1) is 64.2. The van der Waals surface area contributed by atoms with E-state index < -0.39 is 66.6 Å². The summed E-state index contributed by atoms with van der Waals surface area (Å²) in [7, 11) is 0. The molecule has 788 valence electrons. The largest absolute Gasteiger partial charge is 0.394 e. The number of thiol groups is 2. The molecular weight excluding hydrogens is 1810 g/mol. The Morgan fingerprint density at radius 2 is 0.739 bits per heavy atom. The van der Waals surface area contributed by atoms with Crippen molar-refractivity contribution in [3.05, 3.63) is 144 Å². The molecule has 0 radical (unpaired) electrons. The average Bonchev–Trinajstić information content (AvgIpc) is 1.59. The van der Waals surface area contributed by atoms with Crippen LogP contribution in [0.15, 0.2) is 121 Å². The Hall–Kier alpha value is -3.50. The highest BCUT2D eigenvalue weighted by Crippen LogP contribution is 2.48. The molecule has 14 fully saturated rings. The van der Waals surface area contributed by atoms with Gasteiger partial charge in [0.2, 0.25) is 0 Å². The maximum absolute atomic E-state index is 10.3. The van der Waals surface area contributed by atoms with E-state index in [1.54, 1.807) is 13.8 Å². The maximum atomic E-state index is 10.3.